The number of ketones is 1. The van der Waals surface area contributed by atoms with Crippen LogP contribution in [-0.2, 0) is 11.4 Å². The van der Waals surface area contributed by atoms with Crippen LogP contribution in [0.2, 0.25) is 0 Å². The van der Waals surface area contributed by atoms with Crippen LogP contribution >= 0.6 is 11.3 Å². The Balaban J connectivity index is 1.54. The number of benzene rings is 2. The molecule has 1 amide bonds. The number of hydrogen-bond donors (Lipinski definition) is 1. The third-order valence-corrected chi connectivity index (χ3v) is 6.24. The first-order valence-electron chi connectivity index (χ1n) is 10.6. The van der Waals surface area contributed by atoms with E-state index in [1.165, 1.54) is 22.3 Å². The van der Waals surface area contributed by atoms with Crippen molar-refractivity contribution in [2.75, 3.05) is 4.90 Å². The number of aliphatic hydroxyl groups excluding tert-OH is 1. The zero-order chi connectivity index (χ0) is 23.7. The van der Waals surface area contributed by atoms with Crippen LogP contribution in [0.4, 0.5) is 5.13 Å². The zero-order valence-corrected chi connectivity index (χ0v) is 19.0. The summed E-state index contributed by atoms with van der Waals surface area (Å²) in [5.74, 6) is -0.692. The molecule has 0 aliphatic carbocycles. The number of thiazole rings is 1. The van der Waals surface area contributed by atoms with Crippen molar-refractivity contribution in [2.45, 2.75) is 19.6 Å². The molecule has 4 aromatic rings. The fraction of sp³-hybridized carbons (Fsp3) is 0.115. The maximum atomic E-state index is 13.4. The number of carbonyl (C=O) groups is 2. The van der Waals surface area contributed by atoms with Crippen molar-refractivity contribution in [2.24, 2.45) is 0 Å². The lowest BCUT2D eigenvalue weighted by Gasteiger charge is -2.24. The third kappa shape index (κ3) is 3.99. The van der Waals surface area contributed by atoms with Crippen LogP contribution in [0, 0.1) is 6.92 Å². The number of anilines is 1. The number of aryl methyl sites for hydroxylation is 1. The first-order valence-corrected chi connectivity index (χ1v) is 11.4. The Morgan fingerprint density at radius 1 is 1.15 bits per heavy atom. The summed E-state index contributed by atoms with van der Waals surface area (Å²) in [6.45, 7) is 2.08. The number of nitrogens with zero attached hydrogens (tertiary/aromatic N) is 2. The number of ether oxygens (including phenoxy) is 1. The Labute approximate surface area is 199 Å². The Morgan fingerprint density at radius 2 is 1.97 bits per heavy atom. The Morgan fingerprint density at radius 3 is 2.68 bits per heavy atom. The fourth-order valence-corrected chi connectivity index (χ4v) is 4.56. The van der Waals surface area contributed by atoms with Crippen molar-refractivity contribution < 1.29 is 23.8 Å². The first kappa shape index (κ1) is 21.7. The lowest BCUT2D eigenvalue weighted by molar-refractivity contribution is -0.117. The van der Waals surface area contributed by atoms with E-state index in [1.54, 1.807) is 48.8 Å². The number of furan rings is 1. The lowest BCUT2D eigenvalue weighted by Crippen LogP contribution is -2.30. The molecule has 0 bridgehead atoms. The van der Waals surface area contributed by atoms with Gasteiger partial charge in [0.1, 0.15) is 18.1 Å². The molecule has 1 aliphatic heterocycles. The summed E-state index contributed by atoms with van der Waals surface area (Å²) in [4.78, 5) is 32.1. The summed E-state index contributed by atoms with van der Waals surface area (Å²) in [5.41, 5.74) is 1.55. The Kier molecular flexibility index (Phi) is 5.73. The molecule has 0 spiro atoms. The monoisotopic (exact) mass is 472 g/mol. The van der Waals surface area contributed by atoms with Gasteiger partial charge in [0.05, 0.1) is 11.6 Å². The molecule has 0 radical (unpaired) electrons. The minimum atomic E-state index is -0.892. The number of amides is 1. The van der Waals surface area contributed by atoms with Crippen LogP contribution in [0.5, 0.6) is 5.75 Å². The molecule has 1 atom stereocenters. The SMILES string of the molecule is Cc1ccc(C(=O)C2=C(O)C(=O)N(c3nccs3)[C@H]2c2cccc(OCc3ccccc3)c2)o1. The molecule has 7 nitrogen and oxygen atoms in total. The predicted molar refractivity (Wildman–Crippen MR) is 127 cm³/mol. The quantitative estimate of drug-likeness (QED) is 0.362. The number of rotatable bonds is 7. The van der Waals surface area contributed by atoms with Gasteiger partial charge in [0.2, 0.25) is 5.78 Å². The summed E-state index contributed by atoms with van der Waals surface area (Å²) in [7, 11) is 0. The third-order valence-electron chi connectivity index (χ3n) is 5.46. The maximum Gasteiger partial charge on any atom is 0.296 e. The molecule has 0 saturated carbocycles. The second kappa shape index (κ2) is 8.99. The van der Waals surface area contributed by atoms with E-state index >= 15 is 0 Å². The molecule has 3 heterocycles. The molecule has 1 aliphatic rings. The van der Waals surface area contributed by atoms with Crippen molar-refractivity contribution in [1.82, 2.24) is 4.98 Å². The minimum absolute atomic E-state index is 0.0503. The predicted octanol–water partition coefficient (Wildman–Crippen LogP) is 5.41. The minimum Gasteiger partial charge on any atom is -0.503 e. The average Bonchev–Trinajstić information content (AvgIpc) is 3.59. The summed E-state index contributed by atoms with van der Waals surface area (Å²) in [5, 5.41) is 12.9. The highest BCUT2D eigenvalue weighted by atomic mass is 32.1. The molecule has 1 N–H and O–H groups in total. The Bertz CT molecular complexity index is 1380. The van der Waals surface area contributed by atoms with Gasteiger partial charge in [-0.25, -0.2) is 4.98 Å². The van der Waals surface area contributed by atoms with Crippen LogP contribution in [0.1, 0.15) is 33.5 Å². The van der Waals surface area contributed by atoms with Gasteiger partial charge in [-0.15, -0.1) is 11.3 Å². The summed E-state index contributed by atoms with van der Waals surface area (Å²) < 4.78 is 11.5. The van der Waals surface area contributed by atoms with Crippen LogP contribution in [0.25, 0.3) is 0 Å². The molecule has 2 aromatic carbocycles. The fourth-order valence-electron chi connectivity index (χ4n) is 3.89. The number of aromatic nitrogens is 1. The molecular formula is C26H20N2O5S. The highest BCUT2D eigenvalue weighted by Crippen LogP contribution is 2.43. The van der Waals surface area contributed by atoms with Crippen molar-refractivity contribution >= 4 is 28.2 Å². The van der Waals surface area contributed by atoms with Gasteiger partial charge >= 0.3 is 0 Å². The van der Waals surface area contributed by atoms with E-state index in [4.69, 9.17) is 9.15 Å². The molecular weight excluding hydrogens is 452 g/mol. The lowest BCUT2D eigenvalue weighted by atomic mass is 9.95. The van der Waals surface area contributed by atoms with E-state index < -0.39 is 23.5 Å². The molecule has 0 unspecified atom stereocenters. The van der Waals surface area contributed by atoms with Crippen molar-refractivity contribution in [3.05, 3.63) is 112 Å². The van der Waals surface area contributed by atoms with Crippen molar-refractivity contribution in [3.8, 4) is 5.75 Å². The van der Waals surface area contributed by atoms with Gasteiger partial charge in [0.25, 0.3) is 5.91 Å². The summed E-state index contributed by atoms with van der Waals surface area (Å²) >= 11 is 1.24. The molecule has 0 fully saturated rings. The number of carbonyl (C=O) groups excluding carboxylic acids is 2. The smallest absolute Gasteiger partial charge is 0.296 e. The van der Waals surface area contributed by atoms with Crippen molar-refractivity contribution in [1.29, 1.82) is 0 Å². The molecule has 5 rings (SSSR count). The highest BCUT2D eigenvalue weighted by Gasteiger charge is 2.46. The van der Waals surface area contributed by atoms with Gasteiger partial charge in [0, 0.05) is 11.6 Å². The van der Waals surface area contributed by atoms with Gasteiger partial charge in [-0.3, -0.25) is 14.5 Å². The molecule has 0 saturated heterocycles. The Hall–Kier alpha value is -4.17. The van der Waals surface area contributed by atoms with Crippen molar-refractivity contribution in [3.63, 3.8) is 0 Å². The number of Topliss-reactive ketones (excluding diaryl/α,β-unsaturated/α-hetero) is 1. The maximum absolute atomic E-state index is 13.4. The topological polar surface area (TPSA) is 92.9 Å². The standard InChI is InChI=1S/C26H20N2O5S/c1-16-10-11-20(33-16)23(29)21-22(28(25(31)24(21)30)26-27-12-13-34-26)18-8-5-9-19(14-18)32-15-17-6-3-2-4-7-17/h2-14,22,30H,15H2,1H3/t22-/m0/s1. The van der Waals surface area contributed by atoms with Gasteiger partial charge < -0.3 is 14.3 Å². The normalized spacial score (nSPS) is 15.7. The van der Waals surface area contributed by atoms with E-state index in [9.17, 15) is 14.7 Å². The van der Waals surface area contributed by atoms with E-state index in [0.29, 0.717) is 28.8 Å². The molecule has 170 valence electrons. The number of hydrogen-bond acceptors (Lipinski definition) is 7. The average molecular weight is 473 g/mol. The van der Waals surface area contributed by atoms with Gasteiger partial charge in [-0.05, 0) is 42.3 Å². The van der Waals surface area contributed by atoms with Crippen LogP contribution in [-0.4, -0.2) is 21.8 Å². The van der Waals surface area contributed by atoms with E-state index in [2.05, 4.69) is 4.98 Å². The molecule has 2 aromatic heterocycles. The van der Waals surface area contributed by atoms with Crippen LogP contribution in [0.3, 0.4) is 0 Å². The second-order valence-electron chi connectivity index (χ2n) is 7.74. The van der Waals surface area contributed by atoms with Gasteiger partial charge in [-0.1, -0.05) is 42.5 Å². The number of aliphatic hydroxyl groups is 1. The summed E-state index contributed by atoms with van der Waals surface area (Å²) in [6.07, 6.45) is 1.57. The largest absolute Gasteiger partial charge is 0.503 e. The van der Waals surface area contributed by atoms with Crippen LogP contribution in [0.15, 0.2) is 94.1 Å². The second-order valence-corrected chi connectivity index (χ2v) is 8.61. The van der Waals surface area contributed by atoms with E-state index in [-0.39, 0.29) is 11.3 Å². The molecule has 8 heteroatoms. The van der Waals surface area contributed by atoms with E-state index in [1.807, 2.05) is 30.3 Å². The molecule has 34 heavy (non-hydrogen) atoms. The summed E-state index contributed by atoms with van der Waals surface area (Å²) in [6, 6.07) is 19.2. The van der Waals surface area contributed by atoms with E-state index in [0.717, 1.165) is 5.56 Å². The zero-order valence-electron chi connectivity index (χ0n) is 18.2. The highest BCUT2D eigenvalue weighted by molar-refractivity contribution is 7.13. The van der Waals surface area contributed by atoms with Crippen LogP contribution < -0.4 is 9.64 Å². The van der Waals surface area contributed by atoms with Gasteiger partial charge in [-0.2, -0.15) is 0 Å². The van der Waals surface area contributed by atoms with Gasteiger partial charge in [0.15, 0.2) is 16.7 Å². The first-order chi connectivity index (χ1) is 16.5.